The second-order valence-electron chi connectivity index (χ2n) is 4.29. The van der Waals surface area contributed by atoms with E-state index >= 15 is 0 Å². The Labute approximate surface area is 116 Å². The molecule has 0 saturated carbocycles. The summed E-state index contributed by atoms with van der Waals surface area (Å²) in [6.07, 6.45) is 2.79. The summed E-state index contributed by atoms with van der Waals surface area (Å²) in [6.45, 7) is 2.00. The number of furan rings is 1. The summed E-state index contributed by atoms with van der Waals surface area (Å²) >= 11 is 5.78. The molecule has 0 bridgehead atoms. The van der Waals surface area contributed by atoms with Crippen molar-refractivity contribution in [2.75, 3.05) is 0 Å². The van der Waals surface area contributed by atoms with Crippen LogP contribution in [0.2, 0.25) is 5.02 Å². The van der Waals surface area contributed by atoms with Gasteiger partial charge in [0, 0.05) is 12.0 Å². The van der Waals surface area contributed by atoms with E-state index in [2.05, 4.69) is 5.43 Å². The van der Waals surface area contributed by atoms with E-state index in [-0.39, 0.29) is 11.1 Å². The predicted molar refractivity (Wildman–Crippen MR) is 73.3 cm³/mol. The third-order valence-corrected chi connectivity index (χ3v) is 3.43. The van der Waals surface area contributed by atoms with E-state index in [0.717, 1.165) is 17.7 Å². The van der Waals surface area contributed by atoms with E-state index in [1.165, 1.54) is 6.07 Å². The van der Waals surface area contributed by atoms with Crippen molar-refractivity contribution in [3.05, 3.63) is 58.3 Å². The Hall–Kier alpha value is -1.36. The number of nitrogens with one attached hydrogen (secondary N) is 1. The standard InChI is InChI=1S/C14H16ClFN2O/c1-2-13-10(6-7-19-13)12(18-17)8-9-4-3-5-11(15)14(9)16/h3-7,12,18H,2,8,17H2,1H3. The molecule has 3 nitrogen and oxygen atoms in total. The molecule has 1 atom stereocenters. The maximum absolute atomic E-state index is 13.9. The molecule has 0 radical (unpaired) electrons. The van der Waals surface area contributed by atoms with Crippen molar-refractivity contribution >= 4 is 11.6 Å². The van der Waals surface area contributed by atoms with Gasteiger partial charge in [-0.2, -0.15) is 0 Å². The fourth-order valence-electron chi connectivity index (χ4n) is 2.13. The lowest BCUT2D eigenvalue weighted by Gasteiger charge is -2.16. The van der Waals surface area contributed by atoms with Gasteiger partial charge in [0.25, 0.3) is 0 Å². The van der Waals surface area contributed by atoms with Crippen molar-refractivity contribution < 1.29 is 8.81 Å². The topological polar surface area (TPSA) is 51.2 Å². The Balaban J connectivity index is 2.27. The van der Waals surface area contributed by atoms with Gasteiger partial charge in [-0.3, -0.25) is 11.3 Å². The number of benzene rings is 1. The van der Waals surface area contributed by atoms with Gasteiger partial charge in [0.1, 0.15) is 11.6 Å². The number of rotatable bonds is 5. The number of nitrogens with two attached hydrogens (primary N) is 1. The number of aryl methyl sites for hydroxylation is 1. The van der Waals surface area contributed by atoms with Crippen molar-refractivity contribution in [3.8, 4) is 0 Å². The number of halogens is 2. The van der Waals surface area contributed by atoms with Crippen LogP contribution in [0.25, 0.3) is 0 Å². The molecular formula is C14H16ClFN2O. The Kier molecular flexibility index (Phi) is 4.58. The number of hydrogen-bond donors (Lipinski definition) is 2. The molecule has 2 aromatic rings. The zero-order valence-electron chi connectivity index (χ0n) is 10.6. The minimum Gasteiger partial charge on any atom is -0.469 e. The van der Waals surface area contributed by atoms with Gasteiger partial charge in [-0.25, -0.2) is 4.39 Å². The van der Waals surface area contributed by atoms with Crippen molar-refractivity contribution in [1.29, 1.82) is 0 Å². The molecule has 0 aliphatic rings. The molecule has 0 aliphatic carbocycles. The first kappa shape index (κ1) is 14.1. The Morgan fingerprint density at radius 1 is 1.42 bits per heavy atom. The molecule has 2 rings (SSSR count). The van der Waals surface area contributed by atoms with Gasteiger partial charge < -0.3 is 4.42 Å². The SMILES string of the molecule is CCc1occc1C(Cc1cccc(Cl)c1F)NN. The summed E-state index contributed by atoms with van der Waals surface area (Å²) in [5.74, 6) is 6.03. The molecule has 1 heterocycles. The molecule has 19 heavy (non-hydrogen) atoms. The van der Waals surface area contributed by atoms with Gasteiger partial charge in [-0.1, -0.05) is 30.7 Å². The highest BCUT2D eigenvalue weighted by Gasteiger charge is 2.18. The molecule has 0 amide bonds. The highest BCUT2D eigenvalue weighted by atomic mass is 35.5. The number of hydrogen-bond acceptors (Lipinski definition) is 3. The van der Waals surface area contributed by atoms with Crippen molar-refractivity contribution in [3.63, 3.8) is 0 Å². The van der Waals surface area contributed by atoms with Gasteiger partial charge in [-0.15, -0.1) is 0 Å². The second kappa shape index (κ2) is 6.19. The van der Waals surface area contributed by atoms with Crippen LogP contribution in [-0.2, 0) is 12.8 Å². The Morgan fingerprint density at radius 3 is 2.89 bits per heavy atom. The van der Waals surface area contributed by atoms with E-state index in [9.17, 15) is 4.39 Å². The predicted octanol–water partition coefficient (Wildman–Crippen LogP) is 3.38. The van der Waals surface area contributed by atoms with E-state index in [4.69, 9.17) is 21.9 Å². The van der Waals surface area contributed by atoms with Gasteiger partial charge in [0.05, 0.1) is 17.3 Å². The summed E-state index contributed by atoms with van der Waals surface area (Å²) < 4.78 is 19.3. The molecular weight excluding hydrogens is 267 g/mol. The molecule has 3 N–H and O–H groups in total. The smallest absolute Gasteiger partial charge is 0.145 e. The fourth-order valence-corrected chi connectivity index (χ4v) is 2.33. The van der Waals surface area contributed by atoms with Crippen LogP contribution in [0.1, 0.15) is 29.9 Å². The van der Waals surface area contributed by atoms with Gasteiger partial charge >= 0.3 is 0 Å². The van der Waals surface area contributed by atoms with Crippen molar-refractivity contribution in [2.45, 2.75) is 25.8 Å². The Bertz CT molecular complexity index is 556. The van der Waals surface area contributed by atoms with Gasteiger partial charge in [0.15, 0.2) is 0 Å². The monoisotopic (exact) mass is 282 g/mol. The molecule has 5 heteroatoms. The van der Waals surface area contributed by atoms with Crippen molar-refractivity contribution in [2.24, 2.45) is 5.84 Å². The first-order chi connectivity index (χ1) is 9.17. The van der Waals surface area contributed by atoms with E-state index in [1.54, 1.807) is 18.4 Å². The lowest BCUT2D eigenvalue weighted by atomic mass is 9.98. The zero-order valence-corrected chi connectivity index (χ0v) is 11.4. The normalized spacial score (nSPS) is 12.6. The van der Waals surface area contributed by atoms with Crippen LogP contribution < -0.4 is 11.3 Å². The van der Waals surface area contributed by atoms with Crippen LogP contribution >= 0.6 is 11.6 Å². The van der Waals surface area contributed by atoms with E-state index in [1.807, 2.05) is 13.0 Å². The quantitative estimate of drug-likeness (QED) is 0.653. The second-order valence-corrected chi connectivity index (χ2v) is 4.70. The third-order valence-electron chi connectivity index (χ3n) is 3.13. The van der Waals surface area contributed by atoms with Gasteiger partial charge in [0.2, 0.25) is 0 Å². The highest BCUT2D eigenvalue weighted by molar-refractivity contribution is 6.30. The largest absolute Gasteiger partial charge is 0.469 e. The first-order valence-electron chi connectivity index (χ1n) is 6.12. The molecule has 0 fully saturated rings. The number of hydrazine groups is 1. The van der Waals surface area contributed by atoms with Crippen LogP contribution in [-0.4, -0.2) is 0 Å². The average molecular weight is 283 g/mol. The van der Waals surface area contributed by atoms with Crippen molar-refractivity contribution in [1.82, 2.24) is 5.43 Å². The highest BCUT2D eigenvalue weighted by Crippen LogP contribution is 2.26. The maximum atomic E-state index is 13.9. The lowest BCUT2D eigenvalue weighted by Crippen LogP contribution is -2.30. The molecule has 0 aliphatic heterocycles. The van der Waals surface area contributed by atoms with E-state index in [0.29, 0.717) is 12.0 Å². The zero-order chi connectivity index (χ0) is 13.8. The minimum absolute atomic E-state index is 0.121. The summed E-state index contributed by atoms with van der Waals surface area (Å²) in [6, 6.07) is 6.61. The molecule has 0 spiro atoms. The van der Waals surface area contributed by atoms with Crippen LogP contribution in [0.3, 0.4) is 0 Å². The molecule has 0 saturated heterocycles. The average Bonchev–Trinajstić information content (AvgIpc) is 2.88. The van der Waals surface area contributed by atoms with Crippen LogP contribution in [0.4, 0.5) is 4.39 Å². The third kappa shape index (κ3) is 2.97. The van der Waals surface area contributed by atoms with Crippen LogP contribution in [0, 0.1) is 5.82 Å². The molecule has 1 aromatic heterocycles. The minimum atomic E-state index is -0.397. The summed E-state index contributed by atoms with van der Waals surface area (Å²) in [4.78, 5) is 0. The summed E-state index contributed by atoms with van der Waals surface area (Å²) in [7, 11) is 0. The van der Waals surface area contributed by atoms with Crippen LogP contribution in [0.5, 0.6) is 0 Å². The molecule has 102 valence electrons. The summed E-state index contributed by atoms with van der Waals surface area (Å²) in [5, 5.41) is 0.121. The first-order valence-corrected chi connectivity index (χ1v) is 6.50. The van der Waals surface area contributed by atoms with Crippen LogP contribution in [0.15, 0.2) is 34.9 Å². The maximum Gasteiger partial charge on any atom is 0.145 e. The lowest BCUT2D eigenvalue weighted by molar-refractivity contribution is 0.482. The summed E-state index contributed by atoms with van der Waals surface area (Å²) in [5.41, 5.74) is 4.18. The fraction of sp³-hybridized carbons (Fsp3) is 0.286. The molecule has 1 unspecified atom stereocenters. The van der Waals surface area contributed by atoms with Gasteiger partial charge in [-0.05, 0) is 24.1 Å². The van der Waals surface area contributed by atoms with E-state index < -0.39 is 5.82 Å². The Morgan fingerprint density at radius 2 is 2.21 bits per heavy atom. The molecule has 1 aromatic carbocycles.